The first-order valence-corrected chi connectivity index (χ1v) is 13.4. The van der Waals surface area contributed by atoms with E-state index in [2.05, 4.69) is 39.2 Å². The van der Waals surface area contributed by atoms with Crippen LogP contribution in [-0.2, 0) is 33.5 Å². The molecule has 5 aromatic rings. The van der Waals surface area contributed by atoms with Gasteiger partial charge in [-0.25, -0.2) is 4.98 Å². The Bertz CT molecular complexity index is 1690. The Balaban J connectivity index is 1.36. The van der Waals surface area contributed by atoms with E-state index in [9.17, 15) is 0 Å². The number of rotatable bonds is 4. The number of methoxy groups -OCH3 is 1. The van der Waals surface area contributed by atoms with Crippen molar-refractivity contribution in [3.8, 4) is 22.4 Å². The lowest BCUT2D eigenvalue weighted by Crippen LogP contribution is -2.25. The molecule has 9 nitrogen and oxygen atoms in total. The third-order valence-electron chi connectivity index (χ3n) is 8.77. The molecule has 0 radical (unpaired) electrons. The summed E-state index contributed by atoms with van der Waals surface area (Å²) in [6.45, 7) is 1.82. The first kappa shape index (κ1) is 22.5. The predicted octanol–water partition coefficient (Wildman–Crippen LogP) is 4.87. The molecule has 9 heteroatoms. The second-order valence-electron chi connectivity index (χ2n) is 10.9. The minimum Gasteiger partial charge on any atom is -0.377 e. The maximum Gasteiger partial charge on any atom is 0.138 e. The maximum absolute atomic E-state index is 6.53. The van der Waals surface area contributed by atoms with Crippen LogP contribution in [-0.4, -0.2) is 56.0 Å². The number of aromatic nitrogens is 6. The van der Waals surface area contributed by atoms with Crippen LogP contribution < -0.4 is 0 Å². The van der Waals surface area contributed by atoms with E-state index in [4.69, 9.17) is 24.3 Å². The van der Waals surface area contributed by atoms with E-state index in [0.717, 1.165) is 51.8 Å². The topological polar surface area (TPSA) is 92.0 Å². The number of aryl methyl sites for hydroxylation is 1. The van der Waals surface area contributed by atoms with Crippen molar-refractivity contribution in [2.45, 2.75) is 50.0 Å². The normalized spacial score (nSPS) is 22.4. The predicted molar refractivity (Wildman–Crippen MR) is 143 cm³/mol. The van der Waals surface area contributed by atoms with Crippen molar-refractivity contribution in [2.24, 2.45) is 7.05 Å². The Labute approximate surface area is 219 Å². The maximum atomic E-state index is 6.53. The number of aromatic amines is 1. The summed E-state index contributed by atoms with van der Waals surface area (Å²) in [4.78, 5) is 8.54. The van der Waals surface area contributed by atoms with Gasteiger partial charge in [0.25, 0.3) is 0 Å². The quantitative estimate of drug-likeness (QED) is 0.371. The SMILES string of the molecule is COC1COCC1n1ncc2cc(-c3c(-c4cnn(C)c4)[nH]c4ncc5c(c34)C3(CCCC3)OC5)ccc21. The Morgan fingerprint density at radius 1 is 1.08 bits per heavy atom. The van der Waals surface area contributed by atoms with Gasteiger partial charge >= 0.3 is 0 Å². The Kier molecular flexibility index (Phi) is 4.86. The molecule has 2 unspecified atom stereocenters. The summed E-state index contributed by atoms with van der Waals surface area (Å²) in [7, 11) is 3.68. The van der Waals surface area contributed by atoms with Crippen molar-refractivity contribution in [3.63, 3.8) is 0 Å². The van der Waals surface area contributed by atoms with Crippen LogP contribution in [0.5, 0.6) is 0 Å². The number of nitrogens with one attached hydrogen (secondary N) is 1. The largest absolute Gasteiger partial charge is 0.377 e. The van der Waals surface area contributed by atoms with E-state index in [0.29, 0.717) is 19.8 Å². The van der Waals surface area contributed by atoms with Crippen LogP contribution in [0, 0.1) is 0 Å². The van der Waals surface area contributed by atoms with Crippen LogP contribution in [0.4, 0.5) is 0 Å². The first-order chi connectivity index (χ1) is 18.6. The van der Waals surface area contributed by atoms with E-state index in [-0.39, 0.29) is 17.7 Å². The summed E-state index contributed by atoms with van der Waals surface area (Å²) < 4.78 is 21.8. The molecule has 1 saturated heterocycles. The van der Waals surface area contributed by atoms with E-state index < -0.39 is 0 Å². The highest BCUT2D eigenvalue weighted by Crippen LogP contribution is 2.53. The molecule has 2 aliphatic heterocycles. The molecule has 6 heterocycles. The molecule has 3 aliphatic rings. The molecule has 8 rings (SSSR count). The van der Waals surface area contributed by atoms with Crippen LogP contribution in [0.25, 0.3) is 44.3 Å². The molecular weight excluding hydrogens is 480 g/mol. The van der Waals surface area contributed by atoms with E-state index in [1.165, 1.54) is 29.4 Å². The molecular formula is C29H30N6O3. The summed E-state index contributed by atoms with van der Waals surface area (Å²) >= 11 is 0. The summed E-state index contributed by atoms with van der Waals surface area (Å²) in [6, 6.07) is 6.69. The number of H-pyrrole nitrogens is 1. The molecule has 2 fully saturated rings. The van der Waals surface area contributed by atoms with Crippen molar-refractivity contribution in [3.05, 3.63) is 54.1 Å². The molecule has 194 valence electrons. The van der Waals surface area contributed by atoms with Crippen molar-refractivity contribution < 1.29 is 14.2 Å². The van der Waals surface area contributed by atoms with Crippen molar-refractivity contribution in [1.82, 2.24) is 29.5 Å². The zero-order valence-corrected chi connectivity index (χ0v) is 21.6. The van der Waals surface area contributed by atoms with Gasteiger partial charge in [-0.05, 0) is 30.5 Å². The first-order valence-electron chi connectivity index (χ1n) is 13.4. The van der Waals surface area contributed by atoms with Crippen LogP contribution in [0.15, 0.2) is 43.0 Å². The number of fused-ring (bicyclic) bond motifs is 5. The Morgan fingerprint density at radius 2 is 1.97 bits per heavy atom. The van der Waals surface area contributed by atoms with Gasteiger partial charge in [0.15, 0.2) is 0 Å². The fourth-order valence-electron chi connectivity index (χ4n) is 6.96. The summed E-state index contributed by atoms with van der Waals surface area (Å²) in [5, 5.41) is 11.5. The fraction of sp³-hybridized carbons (Fsp3) is 0.414. The number of nitrogens with zero attached hydrogens (tertiary/aromatic N) is 5. The van der Waals surface area contributed by atoms with Gasteiger partial charge in [-0.2, -0.15) is 10.2 Å². The molecule has 2 atom stereocenters. The van der Waals surface area contributed by atoms with Crippen molar-refractivity contribution in [1.29, 1.82) is 0 Å². The standard InChI is InChI=1S/C29H30N6O3/c1-34-13-19(12-31-34)27-24(25-26-20(10-30-28(25)33-27)14-38-29(26)7-3-4-8-29)17-5-6-21-18(9-17)11-32-35(21)22-15-37-16-23(22)36-2/h5-6,9-13,22-23H,3-4,7-8,14-16H2,1-2H3,(H,30,33). The average Bonchev–Trinajstić information content (AvgIpc) is 3.77. The van der Waals surface area contributed by atoms with Crippen LogP contribution >= 0.6 is 0 Å². The zero-order valence-electron chi connectivity index (χ0n) is 21.6. The molecule has 1 N–H and O–H groups in total. The second kappa shape index (κ2) is 8.23. The smallest absolute Gasteiger partial charge is 0.138 e. The number of hydrogen-bond acceptors (Lipinski definition) is 6. The number of pyridine rings is 1. The van der Waals surface area contributed by atoms with Crippen LogP contribution in [0.2, 0.25) is 0 Å². The minimum absolute atomic E-state index is 0.000148. The highest BCUT2D eigenvalue weighted by molar-refractivity contribution is 6.06. The second-order valence-corrected chi connectivity index (χ2v) is 10.9. The van der Waals surface area contributed by atoms with E-state index >= 15 is 0 Å². The van der Waals surface area contributed by atoms with Gasteiger partial charge in [0.2, 0.25) is 0 Å². The van der Waals surface area contributed by atoms with Crippen molar-refractivity contribution in [2.75, 3.05) is 20.3 Å². The van der Waals surface area contributed by atoms with E-state index in [1.807, 2.05) is 30.3 Å². The molecule has 38 heavy (non-hydrogen) atoms. The van der Waals surface area contributed by atoms with E-state index in [1.54, 1.807) is 7.11 Å². The third-order valence-corrected chi connectivity index (χ3v) is 8.77. The van der Waals surface area contributed by atoms with Gasteiger partial charge < -0.3 is 19.2 Å². The van der Waals surface area contributed by atoms with Crippen LogP contribution in [0.1, 0.15) is 42.9 Å². The molecule has 0 amide bonds. The molecule has 1 saturated carbocycles. The lowest BCUT2D eigenvalue weighted by atomic mass is 9.86. The third kappa shape index (κ3) is 3.12. The highest BCUT2D eigenvalue weighted by atomic mass is 16.5. The molecule has 1 aromatic carbocycles. The zero-order chi connectivity index (χ0) is 25.4. The minimum atomic E-state index is -0.216. The summed E-state index contributed by atoms with van der Waals surface area (Å²) in [5.41, 5.74) is 8.64. The number of hydrogen-bond donors (Lipinski definition) is 1. The van der Waals surface area contributed by atoms with Gasteiger partial charge in [0.1, 0.15) is 17.8 Å². The summed E-state index contributed by atoms with van der Waals surface area (Å²) in [5.74, 6) is 0. The monoisotopic (exact) mass is 510 g/mol. The Hall–Kier alpha value is -3.53. The molecule has 4 aromatic heterocycles. The fourth-order valence-corrected chi connectivity index (χ4v) is 6.96. The van der Waals surface area contributed by atoms with Crippen LogP contribution in [0.3, 0.4) is 0 Å². The lowest BCUT2D eigenvalue weighted by molar-refractivity contribution is -0.0317. The summed E-state index contributed by atoms with van der Waals surface area (Å²) in [6.07, 6.45) is 12.4. The lowest BCUT2D eigenvalue weighted by Gasteiger charge is -2.24. The number of benzene rings is 1. The van der Waals surface area contributed by atoms with Gasteiger partial charge in [-0.3, -0.25) is 9.36 Å². The molecule has 1 spiro atoms. The molecule has 0 bridgehead atoms. The van der Waals surface area contributed by atoms with Gasteiger partial charge in [-0.1, -0.05) is 18.9 Å². The van der Waals surface area contributed by atoms with Gasteiger partial charge in [0.05, 0.1) is 49.0 Å². The van der Waals surface area contributed by atoms with Crippen molar-refractivity contribution >= 4 is 21.9 Å². The number of ether oxygens (including phenoxy) is 3. The molecule has 1 aliphatic carbocycles. The Morgan fingerprint density at radius 3 is 2.79 bits per heavy atom. The highest BCUT2D eigenvalue weighted by Gasteiger charge is 2.45. The van der Waals surface area contributed by atoms with Gasteiger partial charge in [0, 0.05) is 59.6 Å². The van der Waals surface area contributed by atoms with Gasteiger partial charge in [-0.15, -0.1) is 0 Å². The average molecular weight is 511 g/mol.